The Bertz CT molecular complexity index is 239. The number of carbonyl (C=O) groups is 1. The van der Waals surface area contributed by atoms with Crippen molar-refractivity contribution in [2.45, 2.75) is 32.2 Å². The first-order chi connectivity index (χ1) is 8.71. The number of hydrogen-bond acceptors (Lipinski definition) is 4. The maximum Gasteiger partial charge on any atom is 0.221 e. The number of nitrogens with one attached hydrogen (secondary N) is 1. The van der Waals surface area contributed by atoms with Crippen LogP contribution in [-0.4, -0.2) is 68.1 Å². The van der Waals surface area contributed by atoms with E-state index in [0.717, 1.165) is 39.3 Å². The van der Waals surface area contributed by atoms with Gasteiger partial charge in [-0.3, -0.25) is 9.69 Å². The smallest absolute Gasteiger partial charge is 0.221 e. The Labute approximate surface area is 111 Å². The van der Waals surface area contributed by atoms with Gasteiger partial charge in [-0.05, 0) is 6.42 Å². The monoisotopic (exact) mass is 256 g/mol. The van der Waals surface area contributed by atoms with E-state index in [-0.39, 0.29) is 5.91 Å². The fraction of sp³-hybridized carbons (Fsp3) is 0.923. The lowest BCUT2D eigenvalue weighted by molar-refractivity contribution is -0.121. The van der Waals surface area contributed by atoms with E-state index < -0.39 is 0 Å². The number of piperazine rings is 1. The minimum Gasteiger partial charge on any atom is -0.359 e. The van der Waals surface area contributed by atoms with E-state index in [1.165, 1.54) is 12.8 Å². The van der Waals surface area contributed by atoms with Gasteiger partial charge in [0.2, 0.25) is 5.91 Å². The summed E-state index contributed by atoms with van der Waals surface area (Å²) < 4.78 is 0. The zero-order valence-electron chi connectivity index (χ0n) is 11.8. The van der Waals surface area contributed by atoms with E-state index in [0.29, 0.717) is 12.5 Å². The number of amides is 1. The topological polar surface area (TPSA) is 61.6 Å². The van der Waals surface area contributed by atoms with Gasteiger partial charge in [-0.1, -0.05) is 13.3 Å². The molecule has 0 aromatic rings. The van der Waals surface area contributed by atoms with Crippen LogP contribution in [-0.2, 0) is 4.79 Å². The van der Waals surface area contributed by atoms with Gasteiger partial charge in [0.05, 0.1) is 0 Å². The van der Waals surface area contributed by atoms with Crippen LogP contribution in [0.3, 0.4) is 0 Å². The molecule has 1 aliphatic heterocycles. The van der Waals surface area contributed by atoms with Gasteiger partial charge in [0.1, 0.15) is 0 Å². The number of nitrogens with two attached hydrogens (primary N) is 1. The highest BCUT2D eigenvalue weighted by atomic mass is 16.1. The third kappa shape index (κ3) is 4.92. The van der Waals surface area contributed by atoms with Crippen LogP contribution in [0.1, 0.15) is 26.2 Å². The van der Waals surface area contributed by atoms with Crippen LogP contribution in [0, 0.1) is 0 Å². The molecule has 1 amide bonds. The SMILES string of the molecule is CCCC(CN)N1CCN(CCC(=O)NC)CC1. The van der Waals surface area contributed by atoms with E-state index in [1.54, 1.807) is 7.05 Å². The van der Waals surface area contributed by atoms with Gasteiger partial charge >= 0.3 is 0 Å². The molecule has 0 aliphatic carbocycles. The first kappa shape index (κ1) is 15.4. The molecule has 1 atom stereocenters. The molecule has 0 bridgehead atoms. The summed E-state index contributed by atoms with van der Waals surface area (Å²) in [7, 11) is 1.69. The molecule has 0 spiro atoms. The standard InChI is InChI=1S/C13H28N4O/c1-3-4-12(11-14)17-9-7-16(8-10-17)6-5-13(18)15-2/h12H,3-11,14H2,1-2H3,(H,15,18). The van der Waals surface area contributed by atoms with Crippen LogP contribution in [0.2, 0.25) is 0 Å². The molecule has 0 aromatic heterocycles. The van der Waals surface area contributed by atoms with Gasteiger partial charge in [0.25, 0.3) is 0 Å². The van der Waals surface area contributed by atoms with Crippen molar-refractivity contribution in [3.63, 3.8) is 0 Å². The summed E-state index contributed by atoms with van der Waals surface area (Å²) in [6, 6.07) is 0.538. The van der Waals surface area contributed by atoms with Crippen molar-refractivity contribution in [3.8, 4) is 0 Å². The fourth-order valence-electron chi connectivity index (χ4n) is 2.52. The highest BCUT2D eigenvalue weighted by Gasteiger charge is 2.22. The molecule has 5 heteroatoms. The van der Waals surface area contributed by atoms with E-state index in [1.807, 2.05) is 0 Å². The zero-order chi connectivity index (χ0) is 13.4. The van der Waals surface area contributed by atoms with Crippen molar-refractivity contribution in [2.24, 2.45) is 5.73 Å². The predicted molar refractivity (Wildman–Crippen MR) is 74.4 cm³/mol. The van der Waals surface area contributed by atoms with Crippen molar-refractivity contribution in [1.29, 1.82) is 0 Å². The van der Waals surface area contributed by atoms with Crippen LogP contribution >= 0.6 is 0 Å². The third-order valence-electron chi connectivity index (χ3n) is 3.75. The molecule has 0 aromatic carbocycles. The van der Waals surface area contributed by atoms with Crippen LogP contribution in [0.25, 0.3) is 0 Å². The maximum absolute atomic E-state index is 11.2. The lowest BCUT2D eigenvalue weighted by atomic mass is 10.1. The molecule has 0 saturated carbocycles. The molecule has 3 N–H and O–H groups in total. The van der Waals surface area contributed by atoms with Crippen LogP contribution < -0.4 is 11.1 Å². The summed E-state index contributed by atoms with van der Waals surface area (Å²) in [5.74, 6) is 0.128. The molecule has 1 aliphatic rings. The van der Waals surface area contributed by atoms with Gasteiger partial charge in [0.15, 0.2) is 0 Å². The highest BCUT2D eigenvalue weighted by molar-refractivity contribution is 5.75. The Morgan fingerprint density at radius 1 is 1.33 bits per heavy atom. The number of carbonyl (C=O) groups excluding carboxylic acids is 1. The van der Waals surface area contributed by atoms with E-state index in [2.05, 4.69) is 22.0 Å². The van der Waals surface area contributed by atoms with Crippen LogP contribution in [0.15, 0.2) is 0 Å². The first-order valence-corrected chi connectivity index (χ1v) is 7.08. The average molecular weight is 256 g/mol. The first-order valence-electron chi connectivity index (χ1n) is 7.08. The number of hydrogen-bond donors (Lipinski definition) is 2. The number of nitrogens with zero attached hydrogens (tertiary/aromatic N) is 2. The molecule has 1 heterocycles. The molecule has 1 rings (SSSR count). The maximum atomic E-state index is 11.2. The summed E-state index contributed by atoms with van der Waals surface area (Å²) in [6.45, 7) is 8.10. The molecule has 18 heavy (non-hydrogen) atoms. The lowest BCUT2D eigenvalue weighted by Gasteiger charge is -2.38. The second kappa shape index (κ2) is 8.45. The molecular weight excluding hydrogens is 228 g/mol. The Kier molecular flexibility index (Phi) is 7.23. The molecular formula is C13H28N4O. The summed E-state index contributed by atoms with van der Waals surface area (Å²) in [6.07, 6.45) is 2.99. The molecule has 1 fully saturated rings. The summed E-state index contributed by atoms with van der Waals surface area (Å²) >= 11 is 0. The zero-order valence-corrected chi connectivity index (χ0v) is 11.8. The van der Waals surface area contributed by atoms with Gasteiger partial charge in [0, 0.05) is 58.8 Å². The Balaban J connectivity index is 2.25. The Hall–Kier alpha value is -0.650. The minimum atomic E-state index is 0.128. The van der Waals surface area contributed by atoms with Crippen LogP contribution in [0.5, 0.6) is 0 Å². The normalized spacial score (nSPS) is 19.7. The average Bonchev–Trinajstić information content (AvgIpc) is 2.42. The molecule has 106 valence electrons. The largest absolute Gasteiger partial charge is 0.359 e. The quantitative estimate of drug-likeness (QED) is 0.666. The summed E-state index contributed by atoms with van der Waals surface area (Å²) in [4.78, 5) is 16.1. The van der Waals surface area contributed by atoms with Crippen LogP contribution in [0.4, 0.5) is 0 Å². The minimum absolute atomic E-state index is 0.128. The lowest BCUT2D eigenvalue weighted by Crippen LogP contribution is -2.52. The van der Waals surface area contributed by atoms with Gasteiger partial charge < -0.3 is 16.0 Å². The molecule has 5 nitrogen and oxygen atoms in total. The van der Waals surface area contributed by atoms with E-state index >= 15 is 0 Å². The third-order valence-corrected chi connectivity index (χ3v) is 3.75. The van der Waals surface area contributed by atoms with Gasteiger partial charge in [-0.15, -0.1) is 0 Å². The Morgan fingerprint density at radius 3 is 2.50 bits per heavy atom. The van der Waals surface area contributed by atoms with Crippen molar-refractivity contribution in [1.82, 2.24) is 15.1 Å². The van der Waals surface area contributed by atoms with E-state index in [9.17, 15) is 4.79 Å². The molecule has 1 saturated heterocycles. The fourth-order valence-corrected chi connectivity index (χ4v) is 2.52. The van der Waals surface area contributed by atoms with Crippen molar-refractivity contribution < 1.29 is 4.79 Å². The van der Waals surface area contributed by atoms with Crippen molar-refractivity contribution in [3.05, 3.63) is 0 Å². The summed E-state index contributed by atoms with van der Waals surface area (Å²) in [5, 5.41) is 2.66. The van der Waals surface area contributed by atoms with Crippen molar-refractivity contribution in [2.75, 3.05) is 46.3 Å². The molecule has 1 unspecified atom stereocenters. The molecule has 0 radical (unpaired) electrons. The number of rotatable bonds is 7. The second-order valence-corrected chi connectivity index (χ2v) is 4.98. The predicted octanol–water partition coefficient (Wildman–Crippen LogP) is -0.132. The second-order valence-electron chi connectivity index (χ2n) is 4.98. The van der Waals surface area contributed by atoms with Crippen molar-refractivity contribution >= 4 is 5.91 Å². The summed E-state index contributed by atoms with van der Waals surface area (Å²) in [5.41, 5.74) is 5.83. The van der Waals surface area contributed by atoms with Gasteiger partial charge in [-0.2, -0.15) is 0 Å². The highest BCUT2D eigenvalue weighted by Crippen LogP contribution is 2.10. The van der Waals surface area contributed by atoms with E-state index in [4.69, 9.17) is 5.73 Å². The Morgan fingerprint density at radius 2 is 2.00 bits per heavy atom. The van der Waals surface area contributed by atoms with Gasteiger partial charge in [-0.25, -0.2) is 0 Å².